The molecule has 0 spiro atoms. The third-order valence-electron chi connectivity index (χ3n) is 4.47. The number of fused-ring (bicyclic) bond motifs is 1. The molecular weight excluding hydrogens is 308 g/mol. The third kappa shape index (κ3) is 2.94. The Hall–Kier alpha value is -2.54. The average molecular weight is 328 g/mol. The predicted octanol–water partition coefficient (Wildman–Crippen LogP) is 1.26. The molecule has 7 heteroatoms. The zero-order valence-electron chi connectivity index (χ0n) is 13.3. The Balaban J connectivity index is 1.42. The second-order valence-corrected chi connectivity index (χ2v) is 6.06. The van der Waals surface area contributed by atoms with Gasteiger partial charge in [0.2, 0.25) is 6.79 Å². The minimum Gasteiger partial charge on any atom is -0.454 e. The molecule has 2 aromatic rings. The lowest BCUT2D eigenvalue weighted by Crippen LogP contribution is -2.47. The van der Waals surface area contributed by atoms with Gasteiger partial charge in [0.1, 0.15) is 0 Å². The number of nitrogens with one attached hydrogen (secondary N) is 2. The van der Waals surface area contributed by atoms with Gasteiger partial charge in [-0.15, -0.1) is 0 Å². The highest BCUT2D eigenvalue weighted by Crippen LogP contribution is 2.35. The van der Waals surface area contributed by atoms with Gasteiger partial charge in [0.15, 0.2) is 17.3 Å². The Morgan fingerprint density at radius 3 is 3.25 bits per heavy atom. The number of nitrogens with zero attached hydrogens (tertiary/aromatic N) is 2. The van der Waals surface area contributed by atoms with Crippen molar-refractivity contribution < 1.29 is 9.47 Å². The quantitative estimate of drug-likeness (QED) is 0.879. The Morgan fingerprint density at radius 2 is 2.33 bits per heavy atom. The van der Waals surface area contributed by atoms with Gasteiger partial charge in [0.25, 0.3) is 5.56 Å². The maximum atomic E-state index is 11.9. The molecule has 2 aliphatic rings. The smallest absolute Gasteiger partial charge is 0.290 e. The minimum absolute atomic E-state index is 0.135. The van der Waals surface area contributed by atoms with E-state index in [4.69, 9.17) is 9.47 Å². The van der Waals surface area contributed by atoms with Crippen molar-refractivity contribution in [3.05, 3.63) is 46.5 Å². The lowest BCUT2D eigenvalue weighted by Gasteiger charge is -2.33. The van der Waals surface area contributed by atoms with E-state index in [0.717, 1.165) is 43.0 Å². The summed E-state index contributed by atoms with van der Waals surface area (Å²) >= 11 is 0. The van der Waals surface area contributed by atoms with E-state index in [2.05, 4.69) is 20.2 Å². The van der Waals surface area contributed by atoms with E-state index in [-0.39, 0.29) is 12.4 Å². The molecule has 2 aliphatic heterocycles. The molecule has 126 valence electrons. The molecule has 2 N–H and O–H groups in total. The summed E-state index contributed by atoms with van der Waals surface area (Å²) in [6.07, 6.45) is 5.29. The molecule has 1 aromatic heterocycles. The molecule has 1 saturated heterocycles. The number of benzene rings is 1. The van der Waals surface area contributed by atoms with Crippen LogP contribution in [0.2, 0.25) is 0 Å². The fourth-order valence-electron chi connectivity index (χ4n) is 3.29. The number of anilines is 1. The van der Waals surface area contributed by atoms with Crippen LogP contribution in [0.15, 0.2) is 35.4 Å². The maximum absolute atomic E-state index is 11.9. The first-order valence-corrected chi connectivity index (χ1v) is 8.21. The van der Waals surface area contributed by atoms with Crippen molar-refractivity contribution in [3.8, 4) is 11.5 Å². The van der Waals surface area contributed by atoms with Crippen LogP contribution >= 0.6 is 0 Å². The Bertz CT molecular complexity index is 776. The van der Waals surface area contributed by atoms with E-state index >= 15 is 0 Å². The van der Waals surface area contributed by atoms with E-state index in [1.807, 2.05) is 18.2 Å². The Labute approximate surface area is 139 Å². The third-order valence-corrected chi connectivity index (χ3v) is 4.47. The molecule has 4 rings (SSSR count). The average Bonchev–Trinajstić information content (AvgIpc) is 3.10. The summed E-state index contributed by atoms with van der Waals surface area (Å²) in [7, 11) is 0. The summed E-state index contributed by atoms with van der Waals surface area (Å²) in [5.41, 5.74) is 0.961. The van der Waals surface area contributed by atoms with Crippen LogP contribution in [0.3, 0.4) is 0 Å². The Morgan fingerprint density at radius 1 is 1.38 bits per heavy atom. The SMILES string of the molecule is O=c1[nH]ccnc1N1CCC[C@@H](NCc2cccc3c2OCO3)C1. The van der Waals surface area contributed by atoms with Crippen molar-refractivity contribution in [2.24, 2.45) is 0 Å². The van der Waals surface area contributed by atoms with Crippen LogP contribution in [-0.4, -0.2) is 35.9 Å². The van der Waals surface area contributed by atoms with Crippen LogP contribution in [-0.2, 0) is 6.54 Å². The molecule has 1 atom stereocenters. The predicted molar refractivity (Wildman–Crippen MR) is 89.5 cm³/mol. The van der Waals surface area contributed by atoms with Crippen molar-refractivity contribution in [1.29, 1.82) is 0 Å². The monoisotopic (exact) mass is 328 g/mol. The van der Waals surface area contributed by atoms with E-state index in [9.17, 15) is 4.79 Å². The first kappa shape index (κ1) is 15.0. The molecule has 0 bridgehead atoms. The van der Waals surface area contributed by atoms with Gasteiger partial charge in [-0.25, -0.2) is 4.98 Å². The standard InChI is InChI=1S/C17H20N4O3/c22-17-16(18-6-7-19-17)21-8-2-4-13(10-21)20-9-12-3-1-5-14-15(12)24-11-23-14/h1,3,5-7,13,20H,2,4,8-11H2,(H,19,22)/t13-/m1/s1. The second-order valence-electron chi connectivity index (χ2n) is 6.06. The lowest BCUT2D eigenvalue weighted by molar-refractivity contribution is 0.173. The molecule has 0 unspecified atom stereocenters. The first-order chi connectivity index (χ1) is 11.8. The van der Waals surface area contributed by atoms with Crippen molar-refractivity contribution in [3.63, 3.8) is 0 Å². The van der Waals surface area contributed by atoms with Crippen molar-refractivity contribution in [2.45, 2.75) is 25.4 Å². The zero-order chi connectivity index (χ0) is 16.4. The number of piperidine rings is 1. The van der Waals surface area contributed by atoms with Crippen LogP contribution < -0.4 is 25.2 Å². The molecule has 0 aliphatic carbocycles. The number of hydrogen-bond acceptors (Lipinski definition) is 6. The molecule has 0 radical (unpaired) electrons. The molecule has 3 heterocycles. The van der Waals surface area contributed by atoms with Gasteiger partial charge >= 0.3 is 0 Å². The van der Waals surface area contributed by atoms with Crippen LogP contribution in [0.25, 0.3) is 0 Å². The highest BCUT2D eigenvalue weighted by Gasteiger charge is 2.23. The van der Waals surface area contributed by atoms with E-state index in [1.54, 1.807) is 12.4 Å². The molecular formula is C17H20N4O3. The molecule has 1 aromatic carbocycles. The van der Waals surface area contributed by atoms with Gasteiger partial charge in [-0.2, -0.15) is 0 Å². The molecule has 0 saturated carbocycles. The number of hydrogen-bond donors (Lipinski definition) is 2. The summed E-state index contributed by atoms with van der Waals surface area (Å²) in [6.45, 7) is 2.62. The van der Waals surface area contributed by atoms with Gasteiger partial charge in [0.05, 0.1) is 0 Å². The topological polar surface area (TPSA) is 79.5 Å². The molecule has 24 heavy (non-hydrogen) atoms. The Kier molecular flexibility index (Phi) is 4.08. The molecule has 7 nitrogen and oxygen atoms in total. The lowest BCUT2D eigenvalue weighted by atomic mass is 10.0. The summed E-state index contributed by atoms with van der Waals surface area (Å²) in [6, 6.07) is 6.25. The van der Waals surface area contributed by atoms with E-state index < -0.39 is 0 Å². The summed E-state index contributed by atoms with van der Waals surface area (Å²) in [4.78, 5) is 20.9. The highest BCUT2D eigenvalue weighted by molar-refractivity contribution is 5.48. The van der Waals surface area contributed by atoms with Crippen LogP contribution in [0.1, 0.15) is 18.4 Å². The highest BCUT2D eigenvalue weighted by atomic mass is 16.7. The zero-order valence-corrected chi connectivity index (χ0v) is 13.3. The van der Waals surface area contributed by atoms with Gasteiger partial charge in [0, 0.05) is 43.6 Å². The number of aromatic nitrogens is 2. The largest absolute Gasteiger partial charge is 0.454 e. The summed E-state index contributed by atoms with van der Waals surface area (Å²) < 4.78 is 11.0. The number of para-hydroxylation sites is 1. The summed E-state index contributed by atoms with van der Waals surface area (Å²) in [5, 5.41) is 3.57. The fraction of sp³-hybridized carbons (Fsp3) is 0.412. The van der Waals surface area contributed by atoms with Crippen LogP contribution in [0.5, 0.6) is 11.5 Å². The number of H-pyrrole nitrogens is 1. The molecule has 0 amide bonds. The van der Waals surface area contributed by atoms with Crippen molar-refractivity contribution in [2.75, 3.05) is 24.8 Å². The van der Waals surface area contributed by atoms with Crippen molar-refractivity contribution in [1.82, 2.24) is 15.3 Å². The fourth-order valence-corrected chi connectivity index (χ4v) is 3.29. The van der Waals surface area contributed by atoms with Crippen LogP contribution in [0, 0.1) is 0 Å². The summed E-state index contributed by atoms with van der Waals surface area (Å²) in [5.74, 6) is 2.14. The van der Waals surface area contributed by atoms with Gasteiger partial charge in [-0.05, 0) is 18.9 Å². The van der Waals surface area contributed by atoms with Gasteiger partial charge in [-0.1, -0.05) is 12.1 Å². The number of aromatic amines is 1. The maximum Gasteiger partial charge on any atom is 0.290 e. The molecule has 1 fully saturated rings. The number of ether oxygens (including phenoxy) is 2. The second kappa shape index (κ2) is 6.52. The van der Waals surface area contributed by atoms with E-state index in [1.165, 1.54) is 0 Å². The van der Waals surface area contributed by atoms with Crippen LogP contribution in [0.4, 0.5) is 5.82 Å². The first-order valence-electron chi connectivity index (χ1n) is 8.21. The minimum atomic E-state index is -0.135. The van der Waals surface area contributed by atoms with Crippen molar-refractivity contribution >= 4 is 5.82 Å². The van der Waals surface area contributed by atoms with Gasteiger partial charge in [-0.3, -0.25) is 4.79 Å². The van der Waals surface area contributed by atoms with Gasteiger partial charge < -0.3 is 24.7 Å². The van der Waals surface area contributed by atoms with E-state index in [0.29, 0.717) is 18.4 Å². The number of rotatable bonds is 4. The normalized spacial score (nSPS) is 19.5.